The molecule has 2 aliphatic rings. The van der Waals surface area contributed by atoms with Gasteiger partial charge in [-0.1, -0.05) is 46.4 Å². The van der Waals surface area contributed by atoms with Gasteiger partial charge in [-0.05, 0) is 6.92 Å². The highest BCUT2D eigenvalue weighted by Crippen LogP contribution is 2.72. The summed E-state index contributed by atoms with van der Waals surface area (Å²) in [6.07, 6.45) is -0.102. The van der Waals surface area contributed by atoms with Crippen LogP contribution in [0.4, 0.5) is 0 Å². The lowest BCUT2D eigenvalue weighted by molar-refractivity contribution is 0.0519. The summed E-state index contributed by atoms with van der Waals surface area (Å²) >= 11 is 37.4. The number of hydrogen-bond acceptors (Lipinski definition) is 1. The van der Waals surface area contributed by atoms with Gasteiger partial charge in [0.25, 0.3) is 0 Å². The van der Waals surface area contributed by atoms with E-state index in [1.165, 1.54) is 0 Å². The summed E-state index contributed by atoms with van der Waals surface area (Å²) < 4.78 is 4.02. The second-order valence-electron chi connectivity index (χ2n) is 3.86. The number of fused-ring (bicyclic) bond motifs is 2. The molecule has 0 N–H and O–H groups in total. The van der Waals surface area contributed by atoms with Crippen LogP contribution in [0.25, 0.3) is 0 Å². The Bertz CT molecular complexity index is 367. The summed E-state index contributed by atoms with van der Waals surface area (Å²) in [5, 5.41) is 0.396. The monoisotopic (exact) mass is 342 g/mol. The molecule has 2 bridgehead atoms. The number of hydrogen-bond donors (Lipinski definition) is 0. The zero-order valence-electron chi connectivity index (χ0n) is 8.17. The molecule has 7 heteroatoms. The van der Waals surface area contributed by atoms with E-state index in [1.807, 2.05) is 6.92 Å². The van der Waals surface area contributed by atoms with Gasteiger partial charge in [-0.25, -0.2) is 0 Å². The molecule has 92 valence electrons. The Hall–Kier alpha value is 1.44. The van der Waals surface area contributed by atoms with Crippen LogP contribution in [0, 0.1) is 0 Å². The van der Waals surface area contributed by atoms with Crippen molar-refractivity contribution >= 4 is 69.6 Å². The van der Waals surface area contributed by atoms with Gasteiger partial charge >= 0.3 is 0 Å². The third kappa shape index (κ3) is 1.32. The molecule has 2 aliphatic carbocycles. The van der Waals surface area contributed by atoms with Crippen molar-refractivity contribution in [2.45, 2.75) is 33.5 Å². The predicted octanol–water partition coefficient (Wildman–Crippen LogP) is 4.63. The Labute approximate surface area is 124 Å². The molecular weight excluding hydrogens is 337 g/mol. The third-order valence-corrected chi connectivity index (χ3v) is 7.35. The van der Waals surface area contributed by atoms with Crippen LogP contribution >= 0.6 is 69.6 Å². The number of allylic oxidation sites excluding steroid dienone is 1. The molecule has 0 aliphatic heterocycles. The Morgan fingerprint density at radius 1 is 1.19 bits per heavy atom. The second-order valence-corrected chi connectivity index (χ2v) is 7.19. The minimum Gasteiger partial charge on any atom is -0.376 e. The highest BCUT2D eigenvalue weighted by atomic mass is 35.5. The molecule has 1 fully saturated rings. The maximum absolute atomic E-state index is 6.42. The fourth-order valence-corrected chi connectivity index (χ4v) is 4.92. The van der Waals surface area contributed by atoms with Crippen LogP contribution in [0.15, 0.2) is 10.1 Å². The summed E-state index contributed by atoms with van der Waals surface area (Å²) in [6.45, 7) is 2.31. The first kappa shape index (κ1) is 13.9. The van der Waals surface area contributed by atoms with Crippen molar-refractivity contribution in [3.05, 3.63) is 10.1 Å². The quantitative estimate of drug-likeness (QED) is 0.664. The Kier molecular flexibility index (Phi) is 3.44. The van der Waals surface area contributed by atoms with Gasteiger partial charge < -0.3 is 4.74 Å². The molecule has 0 spiro atoms. The highest BCUT2D eigenvalue weighted by Gasteiger charge is 2.79. The van der Waals surface area contributed by atoms with Gasteiger partial charge in [-0.15, -0.1) is 23.2 Å². The number of rotatable bonds is 2. The molecule has 0 heterocycles. The van der Waals surface area contributed by atoms with Gasteiger partial charge in [-0.3, -0.25) is 0 Å². The maximum atomic E-state index is 6.42. The fourth-order valence-electron chi connectivity index (χ4n) is 2.23. The standard InChI is InChI=1S/C9H8Cl6O/c1-2-16-4-3-7(12)5(10)6(11)8(4,13)9(7,14)15/h4H,2-3H2,1H3/t4-,7+,8-/m1/s1. The Morgan fingerprint density at radius 2 is 1.75 bits per heavy atom. The molecular formula is C9H8Cl6O. The molecule has 16 heavy (non-hydrogen) atoms. The topological polar surface area (TPSA) is 9.23 Å². The Balaban J connectivity index is 2.55. The zero-order chi connectivity index (χ0) is 12.4. The summed E-state index contributed by atoms with van der Waals surface area (Å²) in [4.78, 5) is -2.44. The van der Waals surface area contributed by atoms with E-state index in [-0.39, 0.29) is 10.1 Å². The second kappa shape index (κ2) is 3.96. The van der Waals surface area contributed by atoms with Crippen molar-refractivity contribution < 1.29 is 4.74 Å². The van der Waals surface area contributed by atoms with Crippen LogP contribution in [0.5, 0.6) is 0 Å². The van der Waals surface area contributed by atoms with Gasteiger partial charge in [0.05, 0.1) is 16.2 Å². The predicted molar refractivity (Wildman–Crippen MR) is 70.4 cm³/mol. The van der Waals surface area contributed by atoms with Crippen LogP contribution in [-0.4, -0.2) is 26.8 Å². The largest absolute Gasteiger partial charge is 0.376 e. The van der Waals surface area contributed by atoms with Crippen LogP contribution in [0.1, 0.15) is 13.3 Å². The molecule has 0 saturated heterocycles. The van der Waals surface area contributed by atoms with Crippen LogP contribution < -0.4 is 0 Å². The van der Waals surface area contributed by atoms with Crippen LogP contribution in [-0.2, 0) is 4.74 Å². The maximum Gasteiger partial charge on any atom is 0.168 e. The highest BCUT2D eigenvalue weighted by molar-refractivity contribution is 6.65. The minimum absolute atomic E-state index is 0.181. The molecule has 0 amide bonds. The fraction of sp³-hybridized carbons (Fsp3) is 0.778. The summed E-state index contributed by atoms with van der Waals surface area (Å²) in [5.41, 5.74) is 0. The number of halogens is 6. The molecule has 0 radical (unpaired) electrons. The first-order valence-electron chi connectivity index (χ1n) is 4.67. The smallest absolute Gasteiger partial charge is 0.168 e. The summed E-state index contributed by atoms with van der Waals surface area (Å²) in [5.74, 6) is 0. The minimum atomic E-state index is -1.48. The van der Waals surface area contributed by atoms with Crippen LogP contribution in [0.2, 0.25) is 0 Å². The summed E-state index contributed by atoms with van der Waals surface area (Å²) in [7, 11) is 0. The zero-order valence-corrected chi connectivity index (χ0v) is 12.7. The number of ether oxygens (including phenoxy) is 1. The van der Waals surface area contributed by atoms with E-state index in [2.05, 4.69) is 0 Å². The molecule has 0 aromatic heterocycles. The van der Waals surface area contributed by atoms with Crippen molar-refractivity contribution in [3.8, 4) is 0 Å². The average molecular weight is 345 g/mol. The molecule has 3 atom stereocenters. The van der Waals surface area contributed by atoms with E-state index in [1.54, 1.807) is 0 Å². The molecule has 2 rings (SSSR count). The van der Waals surface area contributed by atoms with Gasteiger partial charge in [-0.2, -0.15) is 0 Å². The lowest BCUT2D eigenvalue weighted by Gasteiger charge is -2.33. The van der Waals surface area contributed by atoms with Crippen molar-refractivity contribution in [1.82, 2.24) is 0 Å². The van der Waals surface area contributed by atoms with E-state index in [0.717, 1.165) is 0 Å². The SMILES string of the molecule is CCO[C@@H]1C[C@]2(Cl)C(Cl)=C(Cl)[C@@]1(Cl)C2(Cl)Cl. The van der Waals surface area contributed by atoms with Crippen molar-refractivity contribution in [1.29, 1.82) is 0 Å². The molecule has 0 aromatic rings. The lowest BCUT2D eigenvalue weighted by Crippen LogP contribution is -2.46. The average Bonchev–Trinajstić information content (AvgIpc) is 2.41. The van der Waals surface area contributed by atoms with Gasteiger partial charge in [0.2, 0.25) is 0 Å². The van der Waals surface area contributed by atoms with Crippen LogP contribution in [0.3, 0.4) is 0 Å². The first-order chi connectivity index (χ1) is 7.23. The molecule has 0 unspecified atom stereocenters. The lowest BCUT2D eigenvalue weighted by atomic mass is 10.0. The van der Waals surface area contributed by atoms with Gasteiger partial charge in [0, 0.05) is 13.0 Å². The normalized spacial score (nSPS) is 45.6. The number of alkyl halides is 4. The van der Waals surface area contributed by atoms with E-state index >= 15 is 0 Å². The van der Waals surface area contributed by atoms with E-state index in [9.17, 15) is 0 Å². The van der Waals surface area contributed by atoms with Crippen molar-refractivity contribution in [2.24, 2.45) is 0 Å². The Morgan fingerprint density at radius 3 is 2.12 bits per heavy atom. The van der Waals surface area contributed by atoms with E-state index in [0.29, 0.717) is 13.0 Å². The summed E-state index contributed by atoms with van der Waals surface area (Å²) in [6, 6.07) is 0. The van der Waals surface area contributed by atoms with E-state index in [4.69, 9.17) is 74.3 Å². The first-order valence-corrected chi connectivity index (χ1v) is 6.93. The van der Waals surface area contributed by atoms with Gasteiger partial charge in [0.15, 0.2) is 4.33 Å². The van der Waals surface area contributed by atoms with Gasteiger partial charge in [0.1, 0.15) is 9.75 Å². The molecule has 1 saturated carbocycles. The van der Waals surface area contributed by atoms with E-state index < -0.39 is 20.2 Å². The van der Waals surface area contributed by atoms with Crippen molar-refractivity contribution in [3.63, 3.8) is 0 Å². The van der Waals surface area contributed by atoms with Crippen molar-refractivity contribution in [2.75, 3.05) is 6.61 Å². The third-order valence-electron chi connectivity index (χ3n) is 3.09. The molecule has 1 nitrogen and oxygen atoms in total. The molecule has 0 aromatic carbocycles.